The summed E-state index contributed by atoms with van der Waals surface area (Å²) in [4.78, 5) is 0.329. The van der Waals surface area contributed by atoms with Gasteiger partial charge in [0.05, 0.1) is 11.5 Å². The molecule has 0 aromatic heterocycles. The number of methoxy groups -OCH3 is 1. The maximum atomic E-state index is 12.2. The third kappa shape index (κ3) is 6.77. The fourth-order valence-electron chi connectivity index (χ4n) is 2.71. The van der Waals surface area contributed by atoms with Crippen LogP contribution < -0.4 is 10.0 Å². The van der Waals surface area contributed by atoms with Gasteiger partial charge in [-0.15, -0.1) is 12.4 Å². The van der Waals surface area contributed by atoms with Crippen molar-refractivity contribution in [1.29, 1.82) is 0 Å². The molecule has 0 aliphatic carbocycles. The first-order chi connectivity index (χ1) is 10.6. The number of halogens is 1. The van der Waals surface area contributed by atoms with Gasteiger partial charge in [-0.2, -0.15) is 0 Å². The molecule has 2 rings (SSSR count). The highest BCUT2D eigenvalue weighted by Gasteiger charge is 2.16. The third-order valence-corrected chi connectivity index (χ3v) is 5.55. The van der Waals surface area contributed by atoms with Gasteiger partial charge >= 0.3 is 0 Å². The molecule has 1 aromatic carbocycles. The number of hydrogen-bond donors (Lipinski definition) is 2. The number of ether oxygens (including phenoxy) is 1. The molecule has 1 aromatic rings. The molecule has 7 heteroatoms. The molecule has 1 saturated heterocycles. The standard InChI is InChI=1S/C16H26N2O3S.ClH/c1-21-12-9-14-4-6-16(7-5-14)22(19,20)18-11-8-15-3-2-10-17-13-15;/h4-7,15,17-18H,2-3,8-13H2,1H3;1H. The number of rotatable bonds is 8. The minimum atomic E-state index is -3.40. The molecular formula is C16H27ClN2O3S. The van der Waals surface area contributed by atoms with Crippen LogP contribution in [0.2, 0.25) is 0 Å². The molecule has 0 saturated carbocycles. The summed E-state index contributed by atoms with van der Waals surface area (Å²) in [5.74, 6) is 0.577. The molecule has 1 fully saturated rings. The predicted molar refractivity (Wildman–Crippen MR) is 94.7 cm³/mol. The highest BCUT2D eigenvalue weighted by atomic mass is 35.5. The summed E-state index contributed by atoms with van der Waals surface area (Å²) >= 11 is 0. The molecule has 5 nitrogen and oxygen atoms in total. The first-order valence-electron chi connectivity index (χ1n) is 7.90. The Balaban J connectivity index is 0.00000264. The predicted octanol–water partition coefficient (Wildman–Crippen LogP) is 1.97. The van der Waals surface area contributed by atoms with E-state index in [0.29, 0.717) is 24.0 Å². The van der Waals surface area contributed by atoms with E-state index in [1.807, 2.05) is 12.1 Å². The number of hydrogen-bond acceptors (Lipinski definition) is 4. The second-order valence-electron chi connectivity index (χ2n) is 5.79. The van der Waals surface area contributed by atoms with Gasteiger partial charge in [-0.3, -0.25) is 0 Å². The fourth-order valence-corrected chi connectivity index (χ4v) is 3.75. The van der Waals surface area contributed by atoms with Gasteiger partial charge in [0.15, 0.2) is 0 Å². The fraction of sp³-hybridized carbons (Fsp3) is 0.625. The van der Waals surface area contributed by atoms with Crippen LogP contribution in [0, 0.1) is 5.92 Å². The van der Waals surface area contributed by atoms with E-state index in [4.69, 9.17) is 4.74 Å². The van der Waals surface area contributed by atoms with Crippen molar-refractivity contribution in [1.82, 2.24) is 10.0 Å². The number of sulfonamides is 1. The number of benzene rings is 1. The molecule has 1 aliphatic heterocycles. The van der Waals surface area contributed by atoms with E-state index in [1.54, 1.807) is 19.2 Å². The van der Waals surface area contributed by atoms with Gasteiger partial charge < -0.3 is 10.1 Å². The average Bonchev–Trinajstić information content (AvgIpc) is 2.54. The zero-order valence-corrected chi connectivity index (χ0v) is 15.2. The van der Waals surface area contributed by atoms with Gasteiger partial charge in [0, 0.05) is 13.7 Å². The van der Waals surface area contributed by atoms with Gasteiger partial charge in [0.25, 0.3) is 0 Å². The minimum absolute atomic E-state index is 0. The van der Waals surface area contributed by atoms with Crippen LogP contribution in [0.5, 0.6) is 0 Å². The maximum absolute atomic E-state index is 12.2. The smallest absolute Gasteiger partial charge is 0.240 e. The normalized spacial score (nSPS) is 18.4. The van der Waals surface area contributed by atoms with Gasteiger partial charge in [-0.05, 0) is 62.4 Å². The first-order valence-corrected chi connectivity index (χ1v) is 9.38. The molecule has 1 heterocycles. The van der Waals surface area contributed by atoms with Crippen molar-refractivity contribution in [3.8, 4) is 0 Å². The van der Waals surface area contributed by atoms with E-state index in [9.17, 15) is 8.42 Å². The van der Waals surface area contributed by atoms with E-state index in [1.165, 1.54) is 12.8 Å². The van der Waals surface area contributed by atoms with E-state index >= 15 is 0 Å². The monoisotopic (exact) mass is 362 g/mol. The molecule has 2 N–H and O–H groups in total. The van der Waals surface area contributed by atoms with Crippen molar-refractivity contribution < 1.29 is 13.2 Å². The number of piperidine rings is 1. The van der Waals surface area contributed by atoms with Crippen LogP contribution >= 0.6 is 12.4 Å². The summed E-state index contributed by atoms with van der Waals surface area (Å²) in [6.45, 7) is 3.22. The van der Waals surface area contributed by atoms with E-state index < -0.39 is 10.0 Å². The Bertz CT molecular complexity index is 543. The van der Waals surface area contributed by atoms with Crippen LogP contribution in [0.1, 0.15) is 24.8 Å². The molecule has 0 bridgehead atoms. The first kappa shape index (κ1) is 20.4. The second-order valence-corrected chi connectivity index (χ2v) is 7.55. The van der Waals surface area contributed by atoms with Crippen LogP contribution in [0.15, 0.2) is 29.2 Å². The van der Waals surface area contributed by atoms with Crippen LogP contribution in [0.4, 0.5) is 0 Å². The van der Waals surface area contributed by atoms with Crippen LogP contribution in [0.3, 0.4) is 0 Å². The van der Waals surface area contributed by atoms with Gasteiger partial charge in [0.1, 0.15) is 0 Å². The second kappa shape index (κ2) is 10.3. The number of nitrogens with one attached hydrogen (secondary N) is 2. The van der Waals surface area contributed by atoms with Gasteiger partial charge in [0.2, 0.25) is 10.0 Å². The average molecular weight is 363 g/mol. The highest BCUT2D eigenvalue weighted by molar-refractivity contribution is 7.89. The summed E-state index contributed by atoms with van der Waals surface area (Å²) < 4.78 is 32.2. The molecule has 0 amide bonds. The van der Waals surface area contributed by atoms with Crippen LogP contribution in [-0.2, 0) is 21.2 Å². The molecule has 1 unspecified atom stereocenters. The van der Waals surface area contributed by atoms with Crippen molar-refractivity contribution in [3.05, 3.63) is 29.8 Å². The van der Waals surface area contributed by atoms with Crippen LogP contribution in [-0.4, -0.2) is 41.8 Å². The third-order valence-electron chi connectivity index (χ3n) is 4.07. The van der Waals surface area contributed by atoms with Crippen molar-refractivity contribution in [2.75, 3.05) is 33.4 Å². The zero-order chi connectivity index (χ0) is 15.8. The summed E-state index contributed by atoms with van der Waals surface area (Å²) in [6.07, 6.45) is 4.04. The molecule has 0 radical (unpaired) electrons. The van der Waals surface area contributed by atoms with Crippen molar-refractivity contribution in [3.63, 3.8) is 0 Å². The summed E-state index contributed by atoms with van der Waals surface area (Å²) in [7, 11) is -1.74. The lowest BCUT2D eigenvalue weighted by Crippen LogP contribution is -2.33. The topological polar surface area (TPSA) is 67.4 Å². The van der Waals surface area contributed by atoms with Crippen molar-refractivity contribution in [2.45, 2.75) is 30.6 Å². The lowest BCUT2D eigenvalue weighted by atomic mass is 9.96. The molecule has 1 aliphatic rings. The van der Waals surface area contributed by atoms with Crippen molar-refractivity contribution >= 4 is 22.4 Å². The summed E-state index contributed by atoms with van der Waals surface area (Å²) in [6, 6.07) is 7.02. The molecule has 132 valence electrons. The van der Waals surface area contributed by atoms with E-state index in [-0.39, 0.29) is 12.4 Å². The van der Waals surface area contributed by atoms with Crippen molar-refractivity contribution in [2.24, 2.45) is 5.92 Å². The maximum Gasteiger partial charge on any atom is 0.240 e. The summed E-state index contributed by atoms with van der Waals surface area (Å²) in [5.41, 5.74) is 1.08. The Hall–Kier alpha value is -0.660. The Morgan fingerprint density at radius 1 is 1.30 bits per heavy atom. The Labute approximate surface area is 145 Å². The summed E-state index contributed by atoms with van der Waals surface area (Å²) in [5, 5.41) is 3.35. The largest absolute Gasteiger partial charge is 0.384 e. The zero-order valence-electron chi connectivity index (χ0n) is 13.6. The SMILES string of the molecule is COCCc1ccc(S(=O)(=O)NCCC2CCCNC2)cc1.Cl. The highest BCUT2D eigenvalue weighted by Crippen LogP contribution is 2.15. The molecule has 0 spiro atoms. The van der Waals surface area contributed by atoms with Crippen LogP contribution in [0.25, 0.3) is 0 Å². The van der Waals surface area contributed by atoms with Gasteiger partial charge in [-0.1, -0.05) is 12.1 Å². The van der Waals surface area contributed by atoms with E-state index in [2.05, 4.69) is 10.0 Å². The lowest BCUT2D eigenvalue weighted by molar-refractivity contribution is 0.202. The Morgan fingerprint density at radius 3 is 2.65 bits per heavy atom. The minimum Gasteiger partial charge on any atom is -0.384 e. The van der Waals surface area contributed by atoms with Gasteiger partial charge in [-0.25, -0.2) is 13.1 Å². The Kier molecular flexibility index (Phi) is 9.09. The Morgan fingerprint density at radius 2 is 2.04 bits per heavy atom. The molecule has 23 heavy (non-hydrogen) atoms. The van der Waals surface area contributed by atoms with E-state index in [0.717, 1.165) is 31.5 Å². The lowest BCUT2D eigenvalue weighted by Gasteiger charge is -2.22. The molecule has 1 atom stereocenters. The quantitative estimate of drug-likeness (QED) is 0.742. The molecular weight excluding hydrogens is 336 g/mol.